The van der Waals surface area contributed by atoms with Crippen molar-refractivity contribution in [1.82, 2.24) is 10.6 Å². The predicted octanol–water partition coefficient (Wildman–Crippen LogP) is 2.76. The van der Waals surface area contributed by atoms with E-state index >= 15 is 0 Å². The Morgan fingerprint density at radius 1 is 0.760 bits per heavy atom. The molecule has 0 radical (unpaired) electrons. The molecule has 0 heterocycles. The minimum atomic E-state index is -0.229. The van der Waals surface area contributed by atoms with Crippen LogP contribution in [0.25, 0.3) is 0 Å². The van der Waals surface area contributed by atoms with Crippen LogP contribution in [0.1, 0.15) is 37.1 Å². The van der Waals surface area contributed by atoms with Gasteiger partial charge in [0.25, 0.3) is 0 Å². The van der Waals surface area contributed by atoms with Gasteiger partial charge in [-0.2, -0.15) is 0 Å². The largest absolute Gasteiger partial charge is 0.376 e. The molecule has 0 fully saturated rings. The van der Waals surface area contributed by atoms with Crippen molar-refractivity contribution >= 4 is 11.8 Å². The van der Waals surface area contributed by atoms with Gasteiger partial charge in [-0.05, 0) is 11.1 Å². The predicted molar refractivity (Wildman–Crippen MR) is 96.8 cm³/mol. The van der Waals surface area contributed by atoms with Crippen molar-refractivity contribution in [2.24, 2.45) is 0 Å². The number of hydrogen-bond donors (Lipinski definition) is 2. The van der Waals surface area contributed by atoms with E-state index < -0.39 is 0 Å². The zero-order valence-corrected chi connectivity index (χ0v) is 14.6. The molecule has 2 atom stereocenters. The first-order valence-electron chi connectivity index (χ1n) is 8.28. The maximum absolute atomic E-state index is 11.5. The topological polar surface area (TPSA) is 67.4 Å². The molecule has 0 spiro atoms. The second kappa shape index (κ2) is 9.59. The van der Waals surface area contributed by atoms with Crippen molar-refractivity contribution in [2.75, 3.05) is 13.2 Å². The van der Waals surface area contributed by atoms with E-state index in [1.165, 1.54) is 13.8 Å². The summed E-state index contributed by atoms with van der Waals surface area (Å²) in [6, 6.07) is 18.9. The van der Waals surface area contributed by atoms with Crippen LogP contribution < -0.4 is 10.6 Å². The normalized spacial score (nSPS) is 12.9. The lowest BCUT2D eigenvalue weighted by molar-refractivity contribution is -0.120. The van der Waals surface area contributed by atoms with E-state index in [4.69, 9.17) is 4.74 Å². The van der Waals surface area contributed by atoms with Crippen molar-refractivity contribution in [3.8, 4) is 0 Å². The standard InChI is InChI=1S/C20H24N2O3/c1-15(23)21-19(17-9-5-3-6-10-17)13-25-14-20(22-16(2)24)18-11-7-4-8-12-18/h3-12,19-20H,13-14H2,1-2H3,(H,21,23)(H,22,24). The Morgan fingerprint density at radius 2 is 1.12 bits per heavy atom. The third-order valence-corrected chi connectivity index (χ3v) is 3.73. The molecule has 0 aromatic heterocycles. The molecule has 2 aromatic carbocycles. The molecule has 2 amide bonds. The van der Waals surface area contributed by atoms with E-state index in [1.54, 1.807) is 0 Å². The van der Waals surface area contributed by atoms with E-state index in [0.717, 1.165) is 11.1 Å². The van der Waals surface area contributed by atoms with E-state index in [2.05, 4.69) is 10.6 Å². The van der Waals surface area contributed by atoms with E-state index in [-0.39, 0.29) is 23.9 Å². The van der Waals surface area contributed by atoms with Crippen LogP contribution in [0.3, 0.4) is 0 Å². The molecule has 5 nitrogen and oxygen atoms in total. The Hall–Kier alpha value is -2.66. The van der Waals surface area contributed by atoms with Gasteiger partial charge in [-0.15, -0.1) is 0 Å². The highest BCUT2D eigenvalue weighted by molar-refractivity contribution is 5.73. The minimum absolute atomic E-state index is 0.112. The van der Waals surface area contributed by atoms with Crippen molar-refractivity contribution < 1.29 is 14.3 Å². The van der Waals surface area contributed by atoms with Gasteiger partial charge in [0.2, 0.25) is 11.8 Å². The Balaban J connectivity index is 2.00. The number of carbonyl (C=O) groups excluding carboxylic acids is 2. The summed E-state index contributed by atoms with van der Waals surface area (Å²) >= 11 is 0. The first-order valence-corrected chi connectivity index (χ1v) is 8.28. The van der Waals surface area contributed by atoms with Gasteiger partial charge >= 0.3 is 0 Å². The molecule has 0 aliphatic rings. The van der Waals surface area contributed by atoms with E-state index in [9.17, 15) is 9.59 Å². The highest BCUT2D eigenvalue weighted by Gasteiger charge is 2.16. The van der Waals surface area contributed by atoms with Crippen LogP contribution in [-0.2, 0) is 14.3 Å². The zero-order valence-electron chi connectivity index (χ0n) is 14.6. The first-order chi connectivity index (χ1) is 12.1. The number of carbonyl (C=O) groups is 2. The summed E-state index contributed by atoms with van der Waals surface area (Å²) in [5.74, 6) is -0.224. The fourth-order valence-corrected chi connectivity index (χ4v) is 2.61. The van der Waals surface area contributed by atoms with Crippen molar-refractivity contribution in [3.05, 3.63) is 71.8 Å². The number of benzene rings is 2. The molecule has 0 saturated carbocycles. The van der Waals surface area contributed by atoms with Gasteiger partial charge in [0.1, 0.15) is 0 Å². The summed E-state index contributed by atoms with van der Waals surface area (Å²) < 4.78 is 5.84. The fourth-order valence-electron chi connectivity index (χ4n) is 2.61. The molecule has 0 aliphatic carbocycles. The maximum atomic E-state index is 11.5. The molecule has 0 aliphatic heterocycles. The molecule has 25 heavy (non-hydrogen) atoms. The van der Waals surface area contributed by atoms with Crippen LogP contribution in [-0.4, -0.2) is 25.0 Å². The molecule has 0 saturated heterocycles. The molecule has 2 N–H and O–H groups in total. The van der Waals surface area contributed by atoms with E-state index in [1.807, 2.05) is 60.7 Å². The Labute approximate surface area is 148 Å². The number of amides is 2. The van der Waals surface area contributed by atoms with Gasteiger partial charge < -0.3 is 15.4 Å². The van der Waals surface area contributed by atoms with Gasteiger partial charge in [-0.25, -0.2) is 0 Å². The summed E-state index contributed by atoms with van der Waals surface area (Å²) in [5, 5.41) is 5.80. The van der Waals surface area contributed by atoms with Crippen molar-refractivity contribution in [3.63, 3.8) is 0 Å². The lowest BCUT2D eigenvalue weighted by Gasteiger charge is -2.22. The van der Waals surface area contributed by atoms with Crippen LogP contribution >= 0.6 is 0 Å². The fraction of sp³-hybridized carbons (Fsp3) is 0.300. The maximum Gasteiger partial charge on any atom is 0.217 e. The molecule has 5 heteroatoms. The van der Waals surface area contributed by atoms with Crippen LogP contribution in [0.15, 0.2) is 60.7 Å². The van der Waals surface area contributed by atoms with Gasteiger partial charge in [-0.3, -0.25) is 9.59 Å². The van der Waals surface area contributed by atoms with Crippen LogP contribution in [0, 0.1) is 0 Å². The number of rotatable bonds is 8. The minimum Gasteiger partial charge on any atom is -0.376 e. The molecular weight excluding hydrogens is 316 g/mol. The van der Waals surface area contributed by atoms with Gasteiger partial charge in [-0.1, -0.05) is 60.7 Å². The molecule has 0 bridgehead atoms. The molecular formula is C20H24N2O3. The quantitative estimate of drug-likeness (QED) is 0.776. The number of ether oxygens (including phenoxy) is 1. The lowest BCUT2D eigenvalue weighted by atomic mass is 10.1. The molecule has 2 rings (SSSR count). The first kappa shape index (κ1) is 18.7. The van der Waals surface area contributed by atoms with Crippen LogP contribution in [0.2, 0.25) is 0 Å². The van der Waals surface area contributed by atoms with Gasteiger partial charge in [0.15, 0.2) is 0 Å². The average Bonchev–Trinajstić information content (AvgIpc) is 2.61. The molecule has 2 unspecified atom stereocenters. The average molecular weight is 340 g/mol. The number of hydrogen-bond acceptors (Lipinski definition) is 3. The monoisotopic (exact) mass is 340 g/mol. The second-order valence-electron chi connectivity index (χ2n) is 5.87. The second-order valence-corrected chi connectivity index (χ2v) is 5.87. The van der Waals surface area contributed by atoms with Gasteiger partial charge in [0.05, 0.1) is 25.3 Å². The zero-order chi connectivity index (χ0) is 18.1. The SMILES string of the molecule is CC(=O)NC(COCC(NC(C)=O)c1ccccc1)c1ccccc1. The smallest absolute Gasteiger partial charge is 0.217 e. The lowest BCUT2D eigenvalue weighted by Crippen LogP contribution is -2.33. The summed E-state index contributed by atoms with van der Waals surface area (Å²) in [7, 11) is 0. The van der Waals surface area contributed by atoms with E-state index in [0.29, 0.717) is 13.2 Å². The Kier molecular flexibility index (Phi) is 7.16. The van der Waals surface area contributed by atoms with Crippen molar-refractivity contribution in [2.45, 2.75) is 25.9 Å². The Morgan fingerprint density at radius 3 is 1.44 bits per heavy atom. The van der Waals surface area contributed by atoms with Crippen molar-refractivity contribution in [1.29, 1.82) is 0 Å². The summed E-state index contributed by atoms with van der Waals surface area (Å²) in [6.45, 7) is 3.62. The van der Waals surface area contributed by atoms with Crippen LogP contribution in [0.4, 0.5) is 0 Å². The third-order valence-electron chi connectivity index (χ3n) is 3.73. The summed E-state index contributed by atoms with van der Waals surface area (Å²) in [5.41, 5.74) is 1.96. The summed E-state index contributed by atoms with van der Waals surface area (Å²) in [4.78, 5) is 22.9. The van der Waals surface area contributed by atoms with Crippen LogP contribution in [0.5, 0.6) is 0 Å². The highest BCUT2D eigenvalue weighted by atomic mass is 16.5. The third kappa shape index (κ3) is 6.39. The molecule has 2 aromatic rings. The number of nitrogens with one attached hydrogen (secondary N) is 2. The molecule has 132 valence electrons. The highest BCUT2D eigenvalue weighted by Crippen LogP contribution is 2.16. The Bertz CT molecular complexity index is 614. The summed E-state index contributed by atoms with van der Waals surface area (Å²) in [6.07, 6.45) is 0. The van der Waals surface area contributed by atoms with Gasteiger partial charge in [0, 0.05) is 13.8 Å².